The molecular formula is C22H22FN3O3S. The van der Waals surface area contributed by atoms with E-state index in [0.717, 1.165) is 12.8 Å². The zero-order chi connectivity index (χ0) is 20.9. The number of benzene rings is 1. The molecule has 3 aromatic rings. The second-order valence-corrected chi connectivity index (χ2v) is 8.02. The SMILES string of the molecule is O=C(NC1CCN(C(=O)CCc2ncc(-c3ccccc3F)o2)CC1)c1ccsc1. The number of hydrogen-bond acceptors (Lipinski definition) is 5. The van der Waals surface area contributed by atoms with Crippen LogP contribution in [0.15, 0.2) is 51.7 Å². The average molecular weight is 428 g/mol. The van der Waals surface area contributed by atoms with Gasteiger partial charge in [-0.05, 0) is 36.4 Å². The first-order valence-corrected chi connectivity index (χ1v) is 10.8. The van der Waals surface area contributed by atoms with Crippen molar-refractivity contribution in [3.63, 3.8) is 0 Å². The number of nitrogens with zero attached hydrogens (tertiary/aromatic N) is 2. The van der Waals surface area contributed by atoms with Gasteiger partial charge in [0, 0.05) is 42.9 Å². The lowest BCUT2D eigenvalue weighted by atomic mass is 10.0. The Labute approximate surface area is 177 Å². The molecule has 156 valence electrons. The number of piperidine rings is 1. The Morgan fingerprint density at radius 1 is 1.23 bits per heavy atom. The summed E-state index contributed by atoms with van der Waals surface area (Å²) >= 11 is 1.49. The Morgan fingerprint density at radius 2 is 2.03 bits per heavy atom. The lowest BCUT2D eigenvalue weighted by Crippen LogP contribution is -2.46. The second-order valence-electron chi connectivity index (χ2n) is 7.24. The highest BCUT2D eigenvalue weighted by atomic mass is 32.1. The highest BCUT2D eigenvalue weighted by molar-refractivity contribution is 7.08. The number of carbonyl (C=O) groups excluding carboxylic acids is 2. The number of likely N-dealkylation sites (tertiary alicyclic amines) is 1. The minimum absolute atomic E-state index is 0.0308. The van der Waals surface area contributed by atoms with Gasteiger partial charge in [0.15, 0.2) is 11.7 Å². The van der Waals surface area contributed by atoms with Crippen LogP contribution in [0.4, 0.5) is 4.39 Å². The average Bonchev–Trinajstić information content (AvgIpc) is 3.45. The molecule has 1 N–H and O–H groups in total. The van der Waals surface area contributed by atoms with Crippen LogP contribution >= 0.6 is 11.3 Å². The molecule has 1 saturated heterocycles. The number of thiophene rings is 1. The number of nitrogens with one attached hydrogen (secondary N) is 1. The van der Waals surface area contributed by atoms with Crippen LogP contribution in [0.1, 0.15) is 35.5 Å². The Morgan fingerprint density at radius 3 is 2.77 bits per heavy atom. The van der Waals surface area contributed by atoms with Gasteiger partial charge in [0.25, 0.3) is 5.91 Å². The first-order valence-electron chi connectivity index (χ1n) is 9.90. The summed E-state index contributed by atoms with van der Waals surface area (Å²) in [6.07, 6.45) is 3.60. The molecule has 1 fully saturated rings. The van der Waals surface area contributed by atoms with Crippen LogP contribution in [-0.2, 0) is 11.2 Å². The molecule has 30 heavy (non-hydrogen) atoms. The van der Waals surface area contributed by atoms with Crippen molar-refractivity contribution in [1.29, 1.82) is 0 Å². The molecule has 4 rings (SSSR count). The number of carbonyl (C=O) groups is 2. The summed E-state index contributed by atoms with van der Waals surface area (Å²) in [6, 6.07) is 8.23. The van der Waals surface area contributed by atoms with E-state index in [1.165, 1.54) is 23.6 Å². The molecule has 0 aliphatic carbocycles. The summed E-state index contributed by atoms with van der Waals surface area (Å²) < 4.78 is 19.5. The highest BCUT2D eigenvalue weighted by Gasteiger charge is 2.24. The summed E-state index contributed by atoms with van der Waals surface area (Å²) in [5, 5.41) is 6.74. The van der Waals surface area contributed by atoms with Gasteiger partial charge in [-0.1, -0.05) is 12.1 Å². The Bertz CT molecular complexity index is 1010. The molecule has 2 amide bonds. The topological polar surface area (TPSA) is 75.4 Å². The molecule has 0 atom stereocenters. The van der Waals surface area contributed by atoms with Gasteiger partial charge in [0.05, 0.1) is 11.8 Å². The fraction of sp³-hybridized carbons (Fsp3) is 0.318. The van der Waals surface area contributed by atoms with E-state index in [2.05, 4.69) is 10.3 Å². The standard InChI is InChI=1S/C22H22FN3O3S/c23-18-4-2-1-3-17(18)19-13-24-20(29-19)5-6-21(27)26-10-7-16(8-11-26)25-22(28)15-9-12-30-14-15/h1-4,9,12-14,16H,5-8,10-11H2,(H,25,28). The van der Waals surface area contributed by atoms with E-state index in [1.54, 1.807) is 24.3 Å². The fourth-order valence-electron chi connectivity index (χ4n) is 3.52. The van der Waals surface area contributed by atoms with Crippen LogP contribution in [0.3, 0.4) is 0 Å². The van der Waals surface area contributed by atoms with Crippen molar-refractivity contribution in [3.8, 4) is 11.3 Å². The maximum Gasteiger partial charge on any atom is 0.252 e. The van der Waals surface area contributed by atoms with Gasteiger partial charge >= 0.3 is 0 Å². The molecule has 1 aliphatic heterocycles. The van der Waals surface area contributed by atoms with Crippen LogP contribution in [0, 0.1) is 5.82 Å². The van der Waals surface area contributed by atoms with Crippen molar-refractivity contribution < 1.29 is 18.4 Å². The lowest BCUT2D eigenvalue weighted by Gasteiger charge is -2.32. The number of amides is 2. The number of oxazole rings is 1. The van der Waals surface area contributed by atoms with Crippen LogP contribution < -0.4 is 5.32 Å². The number of rotatable bonds is 6. The van der Waals surface area contributed by atoms with Crippen LogP contribution in [0.25, 0.3) is 11.3 Å². The molecule has 0 saturated carbocycles. The van der Waals surface area contributed by atoms with E-state index >= 15 is 0 Å². The van der Waals surface area contributed by atoms with Crippen molar-refractivity contribution in [2.75, 3.05) is 13.1 Å². The summed E-state index contributed by atoms with van der Waals surface area (Å²) in [7, 11) is 0. The van der Waals surface area contributed by atoms with Crippen molar-refractivity contribution in [1.82, 2.24) is 15.2 Å². The molecule has 0 spiro atoms. The molecule has 6 nitrogen and oxygen atoms in total. The minimum atomic E-state index is -0.370. The smallest absolute Gasteiger partial charge is 0.252 e. The summed E-state index contributed by atoms with van der Waals surface area (Å²) in [6.45, 7) is 1.22. The predicted molar refractivity (Wildman–Crippen MR) is 112 cm³/mol. The quantitative estimate of drug-likeness (QED) is 0.648. The monoisotopic (exact) mass is 427 g/mol. The molecule has 0 bridgehead atoms. The van der Waals surface area contributed by atoms with Crippen molar-refractivity contribution in [2.24, 2.45) is 0 Å². The summed E-state index contributed by atoms with van der Waals surface area (Å²) in [5.74, 6) is 0.376. The molecule has 1 aromatic carbocycles. The summed E-state index contributed by atoms with van der Waals surface area (Å²) in [4.78, 5) is 30.7. The number of aromatic nitrogens is 1. The van der Waals surface area contributed by atoms with Gasteiger partial charge in [-0.2, -0.15) is 11.3 Å². The molecule has 0 radical (unpaired) electrons. The predicted octanol–water partition coefficient (Wildman–Crippen LogP) is 3.90. The van der Waals surface area contributed by atoms with Crippen LogP contribution in [-0.4, -0.2) is 40.8 Å². The first kappa shape index (κ1) is 20.3. The normalized spacial score (nSPS) is 14.6. The van der Waals surface area contributed by atoms with E-state index in [9.17, 15) is 14.0 Å². The van der Waals surface area contributed by atoms with Gasteiger partial charge < -0.3 is 14.6 Å². The van der Waals surface area contributed by atoms with E-state index in [-0.39, 0.29) is 30.1 Å². The molecule has 2 aromatic heterocycles. The van der Waals surface area contributed by atoms with Crippen LogP contribution in [0.2, 0.25) is 0 Å². The fourth-order valence-corrected chi connectivity index (χ4v) is 4.15. The zero-order valence-electron chi connectivity index (χ0n) is 16.3. The molecule has 8 heteroatoms. The van der Waals surface area contributed by atoms with E-state index < -0.39 is 0 Å². The zero-order valence-corrected chi connectivity index (χ0v) is 17.2. The van der Waals surface area contributed by atoms with E-state index in [1.807, 2.05) is 15.7 Å². The minimum Gasteiger partial charge on any atom is -0.441 e. The lowest BCUT2D eigenvalue weighted by molar-refractivity contribution is -0.132. The van der Waals surface area contributed by atoms with Gasteiger partial charge in [0.2, 0.25) is 5.91 Å². The molecular weight excluding hydrogens is 405 g/mol. The summed E-state index contributed by atoms with van der Waals surface area (Å²) in [5.41, 5.74) is 1.04. The molecule has 0 unspecified atom stereocenters. The Balaban J connectivity index is 1.24. The van der Waals surface area contributed by atoms with Gasteiger partial charge in [0.1, 0.15) is 5.82 Å². The third-order valence-corrected chi connectivity index (χ3v) is 5.90. The third-order valence-electron chi connectivity index (χ3n) is 5.21. The first-order chi connectivity index (χ1) is 14.6. The number of halogens is 1. The highest BCUT2D eigenvalue weighted by Crippen LogP contribution is 2.24. The maximum absolute atomic E-state index is 13.9. The van der Waals surface area contributed by atoms with Crippen molar-refractivity contribution in [2.45, 2.75) is 31.7 Å². The van der Waals surface area contributed by atoms with Gasteiger partial charge in [-0.25, -0.2) is 9.37 Å². The number of hydrogen-bond donors (Lipinski definition) is 1. The molecule has 3 heterocycles. The maximum atomic E-state index is 13.9. The van der Waals surface area contributed by atoms with Crippen LogP contribution in [0.5, 0.6) is 0 Å². The van der Waals surface area contributed by atoms with Gasteiger partial charge in [-0.3, -0.25) is 9.59 Å². The van der Waals surface area contributed by atoms with E-state index in [0.29, 0.717) is 42.3 Å². The van der Waals surface area contributed by atoms with Crippen molar-refractivity contribution in [3.05, 3.63) is 64.6 Å². The largest absolute Gasteiger partial charge is 0.441 e. The van der Waals surface area contributed by atoms with Gasteiger partial charge in [-0.15, -0.1) is 0 Å². The number of aryl methyl sites for hydroxylation is 1. The van der Waals surface area contributed by atoms with Crippen molar-refractivity contribution >= 4 is 23.2 Å². The van der Waals surface area contributed by atoms with E-state index in [4.69, 9.17) is 4.42 Å². The third kappa shape index (κ3) is 4.76. The Kier molecular flexibility index (Phi) is 6.23. The Hall–Kier alpha value is -3.00. The second kappa shape index (κ2) is 9.21. The molecule has 1 aliphatic rings.